The third-order valence-electron chi connectivity index (χ3n) is 4.13. The lowest BCUT2D eigenvalue weighted by molar-refractivity contribution is -0.124. The first-order chi connectivity index (χ1) is 8.53. The molecule has 18 heavy (non-hydrogen) atoms. The van der Waals surface area contributed by atoms with Crippen molar-refractivity contribution in [3.8, 4) is 0 Å². The maximum absolute atomic E-state index is 11.6. The number of ether oxygens (including phenoxy) is 1. The van der Waals surface area contributed by atoms with E-state index in [1.807, 2.05) is 6.92 Å². The fraction of sp³-hybridized carbons (Fsp3) is 0.923. The Morgan fingerprint density at radius 1 is 1.50 bits per heavy atom. The van der Waals surface area contributed by atoms with Gasteiger partial charge >= 0.3 is 0 Å². The highest BCUT2D eigenvalue weighted by molar-refractivity contribution is 5.84. The topological polar surface area (TPSA) is 67.6 Å². The van der Waals surface area contributed by atoms with Crippen LogP contribution < -0.4 is 11.1 Å². The first-order valence-corrected chi connectivity index (χ1v) is 6.86. The van der Waals surface area contributed by atoms with Gasteiger partial charge in [-0.25, -0.2) is 0 Å². The van der Waals surface area contributed by atoms with Crippen molar-refractivity contribution in [3.05, 3.63) is 0 Å². The Morgan fingerprint density at radius 2 is 2.22 bits per heavy atom. The fourth-order valence-corrected chi connectivity index (χ4v) is 2.52. The number of hydrogen-bond acceptors (Lipinski definition) is 4. The van der Waals surface area contributed by atoms with E-state index in [-0.39, 0.29) is 5.91 Å². The minimum absolute atomic E-state index is 0.239. The number of methoxy groups -OCH3 is 1. The van der Waals surface area contributed by atoms with Gasteiger partial charge in [-0.15, -0.1) is 0 Å². The lowest BCUT2D eigenvalue weighted by Gasteiger charge is -2.29. The van der Waals surface area contributed by atoms with Crippen molar-refractivity contribution in [1.29, 1.82) is 0 Å². The second-order valence-electron chi connectivity index (χ2n) is 5.81. The molecule has 1 aliphatic carbocycles. The summed E-state index contributed by atoms with van der Waals surface area (Å²) in [6, 6.07) is 0.493. The largest absolute Gasteiger partial charge is 0.380 e. The van der Waals surface area contributed by atoms with Crippen LogP contribution in [0, 0.1) is 0 Å². The van der Waals surface area contributed by atoms with E-state index in [1.165, 1.54) is 12.8 Å². The highest BCUT2D eigenvalue weighted by Gasteiger charge is 2.37. The molecule has 0 aromatic heterocycles. The Kier molecular flexibility index (Phi) is 4.25. The summed E-state index contributed by atoms with van der Waals surface area (Å²) in [7, 11) is 1.76. The van der Waals surface area contributed by atoms with Gasteiger partial charge in [0.25, 0.3) is 0 Å². The van der Waals surface area contributed by atoms with Gasteiger partial charge in [-0.3, -0.25) is 4.79 Å². The van der Waals surface area contributed by atoms with E-state index in [9.17, 15) is 4.79 Å². The van der Waals surface area contributed by atoms with Crippen molar-refractivity contribution in [3.63, 3.8) is 0 Å². The molecule has 0 aromatic carbocycles. The van der Waals surface area contributed by atoms with Gasteiger partial charge in [-0.2, -0.15) is 0 Å². The highest BCUT2D eigenvalue weighted by atomic mass is 16.5. The Labute approximate surface area is 109 Å². The van der Waals surface area contributed by atoms with Crippen molar-refractivity contribution in [2.24, 2.45) is 5.73 Å². The zero-order chi connectivity index (χ0) is 13.2. The maximum Gasteiger partial charge on any atom is 0.237 e. The normalized spacial score (nSPS) is 28.2. The molecule has 1 amide bonds. The number of nitrogens with two attached hydrogens (primary N) is 1. The van der Waals surface area contributed by atoms with Crippen LogP contribution in [0.1, 0.15) is 32.6 Å². The predicted molar refractivity (Wildman–Crippen MR) is 70.2 cm³/mol. The molecule has 1 aliphatic heterocycles. The molecule has 5 heteroatoms. The molecule has 2 unspecified atom stereocenters. The Morgan fingerprint density at radius 3 is 2.72 bits per heavy atom. The summed E-state index contributed by atoms with van der Waals surface area (Å²) in [4.78, 5) is 14.0. The van der Waals surface area contributed by atoms with E-state index in [0.29, 0.717) is 12.1 Å². The monoisotopic (exact) mass is 255 g/mol. The molecule has 2 aliphatic rings. The second kappa shape index (κ2) is 5.55. The summed E-state index contributed by atoms with van der Waals surface area (Å²) in [6.07, 6.45) is 4.53. The number of rotatable bonds is 7. The van der Waals surface area contributed by atoms with E-state index in [1.54, 1.807) is 7.11 Å². The van der Waals surface area contributed by atoms with Crippen molar-refractivity contribution >= 4 is 5.91 Å². The molecule has 1 saturated heterocycles. The molecule has 0 radical (unpaired) electrons. The number of hydrogen-bond donors (Lipinski definition) is 2. The third kappa shape index (κ3) is 3.43. The summed E-state index contributed by atoms with van der Waals surface area (Å²) in [5.74, 6) is -0.239. The van der Waals surface area contributed by atoms with Gasteiger partial charge in [0.2, 0.25) is 5.91 Å². The molecule has 1 saturated carbocycles. The van der Waals surface area contributed by atoms with Gasteiger partial charge in [-0.05, 0) is 32.6 Å². The summed E-state index contributed by atoms with van der Waals surface area (Å²) < 4.78 is 5.35. The van der Waals surface area contributed by atoms with Crippen molar-refractivity contribution in [2.45, 2.75) is 50.3 Å². The lowest BCUT2D eigenvalue weighted by Crippen LogP contribution is -2.55. The number of carbonyl (C=O) groups excluding carboxylic acids is 1. The van der Waals surface area contributed by atoms with Gasteiger partial charge < -0.3 is 20.7 Å². The second-order valence-corrected chi connectivity index (χ2v) is 5.81. The van der Waals surface area contributed by atoms with Crippen LogP contribution in [0.5, 0.6) is 0 Å². The molecule has 2 rings (SSSR count). The third-order valence-corrected chi connectivity index (χ3v) is 4.13. The van der Waals surface area contributed by atoms with E-state index in [4.69, 9.17) is 10.5 Å². The Bertz CT molecular complexity index is 307. The smallest absolute Gasteiger partial charge is 0.237 e. The molecule has 0 bridgehead atoms. The minimum atomic E-state index is -0.563. The number of primary amides is 1. The van der Waals surface area contributed by atoms with Crippen LogP contribution in [0.25, 0.3) is 0 Å². The SMILES string of the molecule is COC1CCN(CCC(C)(NC2CC2)C(N)=O)C1. The Hall–Kier alpha value is -0.650. The quantitative estimate of drug-likeness (QED) is 0.677. The highest BCUT2D eigenvalue weighted by Crippen LogP contribution is 2.24. The zero-order valence-electron chi connectivity index (χ0n) is 11.4. The average Bonchev–Trinajstić information content (AvgIpc) is 3.02. The predicted octanol–water partition coefficient (Wildman–Crippen LogP) is 0.0932. The van der Waals surface area contributed by atoms with Gasteiger partial charge in [0.05, 0.1) is 11.6 Å². The first kappa shape index (κ1) is 13.8. The first-order valence-electron chi connectivity index (χ1n) is 6.86. The maximum atomic E-state index is 11.6. The molecule has 0 spiro atoms. The van der Waals surface area contributed by atoms with Gasteiger partial charge in [0.15, 0.2) is 0 Å². The van der Waals surface area contributed by atoms with Gasteiger partial charge in [0.1, 0.15) is 0 Å². The van der Waals surface area contributed by atoms with Crippen LogP contribution in [-0.4, -0.2) is 55.2 Å². The van der Waals surface area contributed by atoms with Crippen molar-refractivity contribution < 1.29 is 9.53 Å². The number of likely N-dealkylation sites (tertiary alicyclic amines) is 1. The van der Waals surface area contributed by atoms with E-state index in [2.05, 4.69) is 10.2 Å². The molecule has 1 heterocycles. The van der Waals surface area contributed by atoms with Crippen LogP contribution in [0.15, 0.2) is 0 Å². The zero-order valence-corrected chi connectivity index (χ0v) is 11.4. The van der Waals surface area contributed by atoms with Gasteiger partial charge in [-0.1, -0.05) is 0 Å². The van der Waals surface area contributed by atoms with E-state index >= 15 is 0 Å². The standard InChI is InChI=1S/C13H25N3O2/c1-13(12(14)17,15-10-3-4-10)6-8-16-7-5-11(9-16)18-2/h10-11,15H,3-9H2,1-2H3,(H2,14,17). The Balaban J connectivity index is 1.80. The van der Waals surface area contributed by atoms with Crippen LogP contribution >= 0.6 is 0 Å². The number of carbonyl (C=O) groups is 1. The van der Waals surface area contributed by atoms with Crippen molar-refractivity contribution in [1.82, 2.24) is 10.2 Å². The van der Waals surface area contributed by atoms with E-state index in [0.717, 1.165) is 32.5 Å². The summed E-state index contributed by atoms with van der Waals surface area (Å²) in [5.41, 5.74) is 4.98. The van der Waals surface area contributed by atoms with Gasteiger partial charge in [0, 0.05) is 32.8 Å². The number of nitrogens with one attached hydrogen (secondary N) is 1. The van der Waals surface area contributed by atoms with E-state index < -0.39 is 5.54 Å². The number of nitrogens with zero attached hydrogens (tertiary/aromatic N) is 1. The average molecular weight is 255 g/mol. The van der Waals surface area contributed by atoms with Crippen LogP contribution in [0.2, 0.25) is 0 Å². The molecule has 2 fully saturated rings. The summed E-state index contributed by atoms with van der Waals surface area (Å²) >= 11 is 0. The van der Waals surface area contributed by atoms with Crippen LogP contribution in [0.4, 0.5) is 0 Å². The molecule has 104 valence electrons. The minimum Gasteiger partial charge on any atom is -0.380 e. The molecule has 2 atom stereocenters. The fourth-order valence-electron chi connectivity index (χ4n) is 2.52. The summed E-state index contributed by atoms with van der Waals surface area (Å²) in [5, 5.41) is 3.38. The lowest BCUT2D eigenvalue weighted by atomic mass is 9.96. The number of amides is 1. The molecule has 3 N–H and O–H groups in total. The summed E-state index contributed by atoms with van der Waals surface area (Å²) in [6.45, 7) is 4.85. The molecule has 0 aromatic rings. The van der Waals surface area contributed by atoms with Crippen molar-refractivity contribution in [2.75, 3.05) is 26.7 Å². The molecular formula is C13H25N3O2. The van der Waals surface area contributed by atoms with Crippen LogP contribution in [0.3, 0.4) is 0 Å². The molecule has 5 nitrogen and oxygen atoms in total. The molecular weight excluding hydrogens is 230 g/mol. The van der Waals surface area contributed by atoms with Crippen LogP contribution in [-0.2, 0) is 9.53 Å².